The van der Waals surface area contributed by atoms with Crippen LogP contribution in [-0.2, 0) is 9.53 Å². The number of halogens is 1. The van der Waals surface area contributed by atoms with Gasteiger partial charge in [0.05, 0.1) is 7.11 Å². The maximum absolute atomic E-state index is 12.2. The zero-order valence-corrected chi connectivity index (χ0v) is 11.1. The summed E-state index contributed by atoms with van der Waals surface area (Å²) in [6.45, 7) is 4.75. The van der Waals surface area contributed by atoms with Crippen LogP contribution >= 0.6 is 0 Å². The SMILES string of the molecule is CCCN(N)CC(=O)OC.Cc1cccc(F)c1. The molecule has 2 N–H and O–H groups in total. The van der Waals surface area contributed by atoms with Gasteiger partial charge in [-0.25, -0.2) is 9.40 Å². The third-order valence-electron chi connectivity index (χ3n) is 2.05. The molecule has 0 amide bonds. The van der Waals surface area contributed by atoms with Gasteiger partial charge >= 0.3 is 5.97 Å². The quantitative estimate of drug-likeness (QED) is 0.507. The van der Waals surface area contributed by atoms with Crippen molar-refractivity contribution >= 4 is 5.97 Å². The van der Waals surface area contributed by atoms with Crippen molar-refractivity contribution in [2.75, 3.05) is 20.2 Å². The molecular weight excluding hydrogens is 235 g/mol. The van der Waals surface area contributed by atoms with Crippen molar-refractivity contribution in [3.05, 3.63) is 35.6 Å². The number of rotatable bonds is 4. The molecule has 0 heterocycles. The van der Waals surface area contributed by atoms with Gasteiger partial charge in [-0.1, -0.05) is 19.1 Å². The van der Waals surface area contributed by atoms with Gasteiger partial charge in [0.25, 0.3) is 0 Å². The Labute approximate surface area is 108 Å². The number of nitrogens with zero attached hydrogens (tertiary/aromatic N) is 1. The zero-order chi connectivity index (χ0) is 14.0. The second-order valence-electron chi connectivity index (χ2n) is 3.85. The van der Waals surface area contributed by atoms with Crippen LogP contribution in [0.3, 0.4) is 0 Å². The Morgan fingerprint density at radius 3 is 2.56 bits per heavy atom. The maximum atomic E-state index is 12.2. The maximum Gasteiger partial charge on any atom is 0.321 e. The number of esters is 1. The lowest BCUT2D eigenvalue weighted by atomic mass is 10.2. The monoisotopic (exact) mass is 256 g/mol. The fourth-order valence-corrected chi connectivity index (χ4v) is 1.20. The summed E-state index contributed by atoms with van der Waals surface area (Å²) in [7, 11) is 1.35. The molecule has 4 nitrogen and oxygen atoms in total. The first-order chi connectivity index (χ1) is 8.49. The van der Waals surface area contributed by atoms with Crippen molar-refractivity contribution < 1.29 is 13.9 Å². The highest BCUT2D eigenvalue weighted by Crippen LogP contribution is 1.99. The summed E-state index contributed by atoms with van der Waals surface area (Å²) in [5, 5.41) is 1.44. The zero-order valence-electron chi connectivity index (χ0n) is 11.1. The predicted molar refractivity (Wildman–Crippen MR) is 69.2 cm³/mol. The van der Waals surface area contributed by atoms with Gasteiger partial charge in [-0.15, -0.1) is 0 Å². The van der Waals surface area contributed by atoms with Gasteiger partial charge in [0.15, 0.2) is 0 Å². The molecule has 0 aliphatic heterocycles. The molecule has 5 heteroatoms. The van der Waals surface area contributed by atoms with Crippen LogP contribution in [0.4, 0.5) is 4.39 Å². The van der Waals surface area contributed by atoms with Crippen molar-refractivity contribution in [1.82, 2.24) is 5.01 Å². The average molecular weight is 256 g/mol. The summed E-state index contributed by atoms with van der Waals surface area (Å²) < 4.78 is 16.6. The summed E-state index contributed by atoms with van der Waals surface area (Å²) >= 11 is 0. The third kappa shape index (κ3) is 8.66. The number of aryl methyl sites for hydroxylation is 1. The molecule has 0 bridgehead atoms. The molecule has 0 aliphatic carbocycles. The fraction of sp³-hybridized carbons (Fsp3) is 0.462. The first-order valence-electron chi connectivity index (χ1n) is 5.78. The molecular formula is C13H21FN2O2. The van der Waals surface area contributed by atoms with E-state index in [4.69, 9.17) is 5.84 Å². The highest BCUT2D eigenvalue weighted by atomic mass is 19.1. The molecule has 0 atom stereocenters. The van der Waals surface area contributed by atoms with Crippen LogP contribution in [-0.4, -0.2) is 31.2 Å². The molecule has 1 aromatic carbocycles. The van der Waals surface area contributed by atoms with Gasteiger partial charge in [0, 0.05) is 6.54 Å². The normalized spacial score (nSPS) is 9.67. The summed E-state index contributed by atoms with van der Waals surface area (Å²) in [4.78, 5) is 10.6. The molecule has 102 valence electrons. The minimum absolute atomic E-state index is 0.162. The van der Waals surface area contributed by atoms with Crippen molar-refractivity contribution in [3.8, 4) is 0 Å². The Kier molecular flexibility index (Phi) is 8.78. The Hall–Kier alpha value is -1.46. The molecule has 0 saturated heterocycles. The second kappa shape index (κ2) is 9.56. The molecule has 18 heavy (non-hydrogen) atoms. The number of hydrazine groups is 1. The summed E-state index contributed by atoms with van der Waals surface area (Å²) in [5.74, 6) is 4.94. The molecule has 0 spiro atoms. The molecule has 1 rings (SSSR count). The van der Waals surface area contributed by atoms with Crippen LogP contribution in [0.2, 0.25) is 0 Å². The van der Waals surface area contributed by atoms with Crippen LogP contribution < -0.4 is 5.84 Å². The van der Waals surface area contributed by atoms with Crippen LogP contribution in [0.25, 0.3) is 0 Å². The summed E-state index contributed by atoms with van der Waals surface area (Å²) in [6.07, 6.45) is 0.938. The van der Waals surface area contributed by atoms with Crippen molar-refractivity contribution in [3.63, 3.8) is 0 Å². The first-order valence-corrected chi connectivity index (χ1v) is 5.78. The Bertz CT molecular complexity index is 341. The van der Waals surface area contributed by atoms with Crippen molar-refractivity contribution in [2.24, 2.45) is 5.84 Å². The topological polar surface area (TPSA) is 55.6 Å². The number of carbonyl (C=O) groups excluding carboxylic acids is 1. The predicted octanol–water partition coefficient (Wildman–Crippen LogP) is 1.88. The van der Waals surface area contributed by atoms with E-state index >= 15 is 0 Å². The standard InChI is InChI=1S/C7H7F.C6H14N2O2/c1-6-3-2-4-7(8)5-6;1-3-4-8(7)5-6(9)10-2/h2-5H,1H3;3-5,7H2,1-2H3. The Morgan fingerprint density at radius 1 is 1.50 bits per heavy atom. The minimum Gasteiger partial charge on any atom is -0.468 e. The number of methoxy groups -OCH3 is 1. The van der Waals surface area contributed by atoms with Crippen LogP contribution in [0.15, 0.2) is 24.3 Å². The highest BCUT2D eigenvalue weighted by Gasteiger charge is 2.03. The van der Waals surface area contributed by atoms with E-state index in [-0.39, 0.29) is 18.3 Å². The number of carbonyl (C=O) groups is 1. The number of hydrogen-bond donors (Lipinski definition) is 1. The van der Waals surface area contributed by atoms with Gasteiger partial charge in [0.1, 0.15) is 12.4 Å². The Balaban J connectivity index is 0.000000327. The van der Waals surface area contributed by atoms with E-state index in [9.17, 15) is 9.18 Å². The lowest BCUT2D eigenvalue weighted by Gasteiger charge is -2.12. The molecule has 0 aliphatic rings. The van der Waals surface area contributed by atoms with Crippen molar-refractivity contribution in [1.29, 1.82) is 0 Å². The first kappa shape index (κ1) is 16.5. The van der Waals surface area contributed by atoms with Gasteiger partial charge < -0.3 is 4.74 Å². The third-order valence-corrected chi connectivity index (χ3v) is 2.05. The van der Waals surface area contributed by atoms with Crippen LogP contribution in [0.5, 0.6) is 0 Å². The molecule has 0 fully saturated rings. The van der Waals surface area contributed by atoms with E-state index in [2.05, 4.69) is 4.74 Å². The lowest BCUT2D eigenvalue weighted by molar-refractivity contribution is -0.141. The lowest BCUT2D eigenvalue weighted by Crippen LogP contribution is -2.36. The molecule has 0 aromatic heterocycles. The smallest absolute Gasteiger partial charge is 0.321 e. The van der Waals surface area contributed by atoms with E-state index < -0.39 is 0 Å². The van der Waals surface area contributed by atoms with Gasteiger partial charge in [-0.05, 0) is 31.0 Å². The van der Waals surface area contributed by atoms with Gasteiger partial charge in [0.2, 0.25) is 0 Å². The average Bonchev–Trinajstić information content (AvgIpc) is 2.29. The highest BCUT2D eigenvalue weighted by molar-refractivity contribution is 5.71. The van der Waals surface area contributed by atoms with Crippen molar-refractivity contribution in [2.45, 2.75) is 20.3 Å². The van der Waals surface area contributed by atoms with Crippen LogP contribution in [0, 0.1) is 12.7 Å². The molecule has 0 unspecified atom stereocenters. The fourth-order valence-electron chi connectivity index (χ4n) is 1.20. The largest absolute Gasteiger partial charge is 0.468 e. The Morgan fingerprint density at radius 2 is 2.17 bits per heavy atom. The van der Waals surface area contributed by atoms with E-state index in [1.807, 2.05) is 19.9 Å². The number of nitrogens with two attached hydrogens (primary N) is 1. The van der Waals surface area contributed by atoms with Gasteiger partial charge in [-0.2, -0.15) is 0 Å². The van der Waals surface area contributed by atoms with E-state index in [1.165, 1.54) is 24.3 Å². The number of hydrogen-bond acceptors (Lipinski definition) is 4. The molecule has 0 radical (unpaired) electrons. The second-order valence-corrected chi connectivity index (χ2v) is 3.85. The summed E-state index contributed by atoms with van der Waals surface area (Å²) in [5.41, 5.74) is 0.963. The molecule has 0 saturated carbocycles. The number of benzene rings is 1. The summed E-state index contributed by atoms with van der Waals surface area (Å²) in [6, 6.07) is 6.50. The van der Waals surface area contributed by atoms with Crippen LogP contribution in [0.1, 0.15) is 18.9 Å². The molecule has 1 aromatic rings. The van der Waals surface area contributed by atoms with E-state index in [0.29, 0.717) is 0 Å². The number of ether oxygens (including phenoxy) is 1. The van der Waals surface area contributed by atoms with E-state index in [0.717, 1.165) is 18.5 Å². The van der Waals surface area contributed by atoms with E-state index in [1.54, 1.807) is 6.07 Å². The van der Waals surface area contributed by atoms with Gasteiger partial charge in [-0.3, -0.25) is 10.6 Å². The minimum atomic E-state index is -0.295.